The van der Waals surface area contributed by atoms with Crippen molar-refractivity contribution in [3.05, 3.63) is 29.8 Å². The molecule has 1 aliphatic carbocycles. The van der Waals surface area contributed by atoms with E-state index < -0.39 is 0 Å². The van der Waals surface area contributed by atoms with E-state index in [1.807, 2.05) is 24.3 Å². The fourth-order valence-corrected chi connectivity index (χ4v) is 2.64. The molecule has 0 atom stereocenters. The van der Waals surface area contributed by atoms with Gasteiger partial charge < -0.3 is 9.74 Å². The molecule has 0 saturated heterocycles. The van der Waals surface area contributed by atoms with Crippen molar-refractivity contribution in [2.24, 2.45) is 5.90 Å². The van der Waals surface area contributed by atoms with Crippen molar-refractivity contribution < 1.29 is 4.84 Å². The Labute approximate surface area is 108 Å². The van der Waals surface area contributed by atoms with Crippen LogP contribution in [0.1, 0.15) is 31.2 Å². The SMILES string of the molecule is CN(c1ccccc1C#N)C1CCC(ON)CC1. The van der Waals surface area contributed by atoms with E-state index in [0.29, 0.717) is 6.04 Å². The van der Waals surface area contributed by atoms with Gasteiger partial charge in [-0.05, 0) is 37.8 Å². The predicted molar refractivity (Wildman–Crippen MR) is 70.9 cm³/mol. The van der Waals surface area contributed by atoms with Crippen molar-refractivity contribution in [1.82, 2.24) is 0 Å². The molecule has 4 heteroatoms. The van der Waals surface area contributed by atoms with Gasteiger partial charge in [-0.2, -0.15) is 5.26 Å². The second-order valence-corrected chi connectivity index (χ2v) is 4.81. The van der Waals surface area contributed by atoms with Crippen molar-refractivity contribution in [3.63, 3.8) is 0 Å². The van der Waals surface area contributed by atoms with Crippen molar-refractivity contribution in [3.8, 4) is 6.07 Å². The van der Waals surface area contributed by atoms with Crippen LogP contribution < -0.4 is 10.8 Å². The normalized spacial score (nSPS) is 23.4. The molecule has 18 heavy (non-hydrogen) atoms. The van der Waals surface area contributed by atoms with Gasteiger partial charge >= 0.3 is 0 Å². The van der Waals surface area contributed by atoms with Crippen molar-refractivity contribution >= 4 is 5.69 Å². The molecule has 96 valence electrons. The Balaban J connectivity index is 2.08. The number of nitrogens with zero attached hydrogens (tertiary/aromatic N) is 2. The quantitative estimate of drug-likeness (QED) is 0.829. The zero-order valence-electron chi connectivity index (χ0n) is 10.7. The lowest BCUT2D eigenvalue weighted by Crippen LogP contribution is -2.38. The maximum atomic E-state index is 9.13. The van der Waals surface area contributed by atoms with E-state index in [4.69, 9.17) is 16.0 Å². The first kappa shape index (κ1) is 12.9. The molecule has 1 saturated carbocycles. The van der Waals surface area contributed by atoms with Crippen LogP contribution in [0.4, 0.5) is 5.69 Å². The molecule has 0 spiro atoms. The highest BCUT2D eigenvalue weighted by Gasteiger charge is 2.25. The summed E-state index contributed by atoms with van der Waals surface area (Å²) in [4.78, 5) is 7.11. The van der Waals surface area contributed by atoms with E-state index >= 15 is 0 Å². The highest BCUT2D eigenvalue weighted by Crippen LogP contribution is 2.28. The van der Waals surface area contributed by atoms with E-state index in [1.54, 1.807) is 0 Å². The van der Waals surface area contributed by atoms with Crippen molar-refractivity contribution in [2.45, 2.75) is 37.8 Å². The number of anilines is 1. The van der Waals surface area contributed by atoms with E-state index in [-0.39, 0.29) is 6.10 Å². The number of benzene rings is 1. The summed E-state index contributed by atoms with van der Waals surface area (Å²) in [6, 6.07) is 10.4. The van der Waals surface area contributed by atoms with Crippen LogP contribution in [0.2, 0.25) is 0 Å². The molecular weight excluding hydrogens is 226 g/mol. The van der Waals surface area contributed by atoms with Gasteiger partial charge in [-0.3, -0.25) is 0 Å². The molecule has 1 aromatic carbocycles. The third-order valence-corrected chi connectivity index (χ3v) is 3.79. The minimum absolute atomic E-state index is 0.195. The van der Waals surface area contributed by atoms with Crippen molar-refractivity contribution in [1.29, 1.82) is 5.26 Å². The summed E-state index contributed by atoms with van der Waals surface area (Å²) in [5.74, 6) is 5.22. The fourth-order valence-electron chi connectivity index (χ4n) is 2.64. The molecule has 0 heterocycles. The van der Waals surface area contributed by atoms with E-state index in [2.05, 4.69) is 18.0 Å². The highest BCUT2D eigenvalue weighted by atomic mass is 16.6. The molecule has 1 aliphatic rings. The smallest absolute Gasteiger partial charge is 0.101 e. The van der Waals surface area contributed by atoms with Gasteiger partial charge in [-0.25, -0.2) is 5.90 Å². The number of para-hydroxylation sites is 1. The predicted octanol–water partition coefficient (Wildman–Crippen LogP) is 2.20. The Bertz CT molecular complexity index is 433. The lowest BCUT2D eigenvalue weighted by Gasteiger charge is -2.35. The monoisotopic (exact) mass is 245 g/mol. The molecule has 0 radical (unpaired) electrons. The minimum atomic E-state index is 0.195. The molecule has 0 aliphatic heterocycles. The summed E-state index contributed by atoms with van der Waals surface area (Å²) in [5.41, 5.74) is 1.74. The van der Waals surface area contributed by atoms with Crippen LogP contribution in [0.5, 0.6) is 0 Å². The first-order valence-electron chi connectivity index (χ1n) is 6.33. The number of hydrogen-bond donors (Lipinski definition) is 1. The largest absolute Gasteiger partial charge is 0.371 e. The molecule has 0 bridgehead atoms. The zero-order valence-corrected chi connectivity index (χ0v) is 10.7. The number of nitrogens with two attached hydrogens (primary N) is 1. The summed E-state index contributed by atoms with van der Waals surface area (Å²) in [6.07, 6.45) is 4.28. The van der Waals surface area contributed by atoms with Gasteiger partial charge in [0.25, 0.3) is 0 Å². The molecule has 1 aromatic rings. The van der Waals surface area contributed by atoms with Crippen LogP contribution in [-0.4, -0.2) is 19.2 Å². The summed E-state index contributed by atoms with van der Waals surface area (Å²) in [6.45, 7) is 0. The Morgan fingerprint density at radius 1 is 1.28 bits per heavy atom. The van der Waals surface area contributed by atoms with Gasteiger partial charge in [0.1, 0.15) is 6.07 Å². The molecule has 2 N–H and O–H groups in total. The zero-order chi connectivity index (χ0) is 13.0. The molecule has 0 amide bonds. The van der Waals surface area contributed by atoms with Gasteiger partial charge in [0.05, 0.1) is 17.4 Å². The molecule has 4 nitrogen and oxygen atoms in total. The van der Waals surface area contributed by atoms with Crippen molar-refractivity contribution in [2.75, 3.05) is 11.9 Å². The lowest BCUT2D eigenvalue weighted by molar-refractivity contribution is 0.0243. The van der Waals surface area contributed by atoms with E-state index in [1.165, 1.54) is 0 Å². The van der Waals surface area contributed by atoms with Crippen LogP contribution in [0.3, 0.4) is 0 Å². The van der Waals surface area contributed by atoms with Crippen LogP contribution in [0.15, 0.2) is 24.3 Å². The number of nitriles is 1. The lowest BCUT2D eigenvalue weighted by atomic mass is 9.91. The Kier molecular flexibility index (Phi) is 4.19. The van der Waals surface area contributed by atoms with Crippen LogP contribution in [-0.2, 0) is 4.84 Å². The average Bonchev–Trinajstić information content (AvgIpc) is 2.46. The highest BCUT2D eigenvalue weighted by molar-refractivity contribution is 5.59. The summed E-state index contributed by atoms with van der Waals surface area (Å²) >= 11 is 0. The standard InChI is InChI=1S/C14H19N3O/c1-17(12-6-8-13(18-16)9-7-12)14-5-3-2-4-11(14)10-15/h2-5,12-13H,6-9,16H2,1H3. The number of hydrogen-bond acceptors (Lipinski definition) is 4. The maximum absolute atomic E-state index is 9.13. The number of rotatable bonds is 3. The summed E-state index contributed by atoms with van der Waals surface area (Å²) < 4.78 is 0. The van der Waals surface area contributed by atoms with Crippen LogP contribution in [0, 0.1) is 11.3 Å². The summed E-state index contributed by atoms with van der Waals surface area (Å²) in [5, 5.41) is 9.13. The molecule has 1 fully saturated rings. The second kappa shape index (κ2) is 5.85. The Morgan fingerprint density at radius 3 is 2.56 bits per heavy atom. The first-order valence-corrected chi connectivity index (χ1v) is 6.33. The van der Waals surface area contributed by atoms with Gasteiger partial charge in [0, 0.05) is 13.1 Å². The second-order valence-electron chi connectivity index (χ2n) is 4.81. The van der Waals surface area contributed by atoms with Crippen LogP contribution in [0.25, 0.3) is 0 Å². The third kappa shape index (κ3) is 2.63. The van der Waals surface area contributed by atoms with Gasteiger partial charge in [0.15, 0.2) is 0 Å². The topological polar surface area (TPSA) is 62.3 Å². The minimum Gasteiger partial charge on any atom is -0.371 e. The van der Waals surface area contributed by atoms with E-state index in [0.717, 1.165) is 36.9 Å². The summed E-state index contributed by atoms with van der Waals surface area (Å²) in [7, 11) is 2.06. The molecule has 2 rings (SSSR count). The van der Waals surface area contributed by atoms with E-state index in [9.17, 15) is 0 Å². The van der Waals surface area contributed by atoms with Gasteiger partial charge in [0.2, 0.25) is 0 Å². The fraction of sp³-hybridized carbons (Fsp3) is 0.500. The Hall–Kier alpha value is -1.57. The van der Waals surface area contributed by atoms with Gasteiger partial charge in [-0.15, -0.1) is 0 Å². The molecule has 0 aromatic heterocycles. The maximum Gasteiger partial charge on any atom is 0.101 e. The Morgan fingerprint density at radius 2 is 1.94 bits per heavy atom. The van der Waals surface area contributed by atoms with Gasteiger partial charge in [-0.1, -0.05) is 12.1 Å². The molecular formula is C14H19N3O. The first-order chi connectivity index (χ1) is 8.76. The average molecular weight is 245 g/mol. The molecule has 0 unspecified atom stereocenters. The van der Waals surface area contributed by atoms with Crippen LogP contribution >= 0.6 is 0 Å². The third-order valence-electron chi connectivity index (χ3n) is 3.79.